The number of pyridine rings is 1. The van der Waals surface area contributed by atoms with Crippen molar-refractivity contribution in [1.82, 2.24) is 14.5 Å². The molecule has 0 atom stereocenters. The standard InChI is InChI=1S/C43H41N2S.C19H26NSi.Ir/c1-27(2)34-25-33(30-15-9-6-10-16-30)26-35(28(3)4)42(34)45-39-18-12-11-17-38(39)44-43(45)32-20-22-41-37(24-32)36-23-31(19-21-40(36)46-41)29-13-7-5-8-14-29;1-19(2,3)13-16-12-17(15-10-8-7-9-11-15)20-14-18(16)21(4,5)6;/h6,9-12,15-19,21-29H,5,7-8,13-14H2,1-4H3;7-10,12,14H,13H2,1-6H3;/q2*-1;. The van der Waals surface area contributed by atoms with Crippen LogP contribution in [0.2, 0.25) is 19.6 Å². The van der Waals surface area contributed by atoms with Gasteiger partial charge in [-0.1, -0.05) is 159 Å². The monoisotopic (exact) mass is 1110 g/mol. The first-order chi connectivity index (χ1) is 32.1. The van der Waals surface area contributed by atoms with Crippen LogP contribution in [0.3, 0.4) is 0 Å². The molecule has 0 amide bonds. The summed E-state index contributed by atoms with van der Waals surface area (Å²) in [6.45, 7) is 23.3. The molecule has 1 fully saturated rings. The van der Waals surface area contributed by atoms with Crippen LogP contribution in [-0.4, -0.2) is 22.6 Å². The number of hydrogen-bond donors (Lipinski definition) is 0. The summed E-state index contributed by atoms with van der Waals surface area (Å²) < 4.78 is 5.09. The number of benzene rings is 6. The van der Waals surface area contributed by atoms with E-state index in [9.17, 15) is 0 Å². The zero-order valence-corrected chi connectivity index (χ0v) is 46.0. The Morgan fingerprint density at radius 1 is 0.706 bits per heavy atom. The van der Waals surface area contributed by atoms with E-state index in [-0.39, 0.29) is 25.5 Å². The largest absolute Gasteiger partial charge is 0.333 e. The molecule has 1 saturated carbocycles. The molecule has 1 aliphatic carbocycles. The zero-order chi connectivity index (χ0) is 47.0. The second-order valence-electron chi connectivity index (χ2n) is 21.7. The predicted octanol–water partition coefficient (Wildman–Crippen LogP) is 17.5. The van der Waals surface area contributed by atoms with Crippen LogP contribution in [0.5, 0.6) is 0 Å². The molecular formula is C62H67IrN3SSi-2. The maximum Gasteiger partial charge on any atom is 0.0798 e. The number of rotatable bonds is 9. The number of fused-ring (bicyclic) bond motifs is 4. The number of thiophene rings is 1. The maximum absolute atomic E-state index is 5.34. The van der Waals surface area contributed by atoms with Gasteiger partial charge in [-0.05, 0) is 122 Å². The summed E-state index contributed by atoms with van der Waals surface area (Å²) in [5.41, 5.74) is 15.0. The summed E-state index contributed by atoms with van der Waals surface area (Å²) in [4.78, 5) is 10.0. The van der Waals surface area contributed by atoms with E-state index in [0.717, 1.165) is 40.1 Å². The Kier molecular flexibility index (Phi) is 14.9. The Balaban J connectivity index is 0.000000240. The molecule has 351 valence electrons. The molecule has 6 heteroatoms. The minimum absolute atomic E-state index is 0. The van der Waals surface area contributed by atoms with E-state index in [1.54, 1.807) is 0 Å². The first-order valence-electron chi connectivity index (χ1n) is 24.7. The Labute approximate surface area is 424 Å². The molecule has 9 aromatic rings. The second kappa shape index (κ2) is 20.5. The summed E-state index contributed by atoms with van der Waals surface area (Å²) in [5, 5.41) is 4.17. The van der Waals surface area contributed by atoms with Crippen LogP contribution >= 0.6 is 11.3 Å². The van der Waals surface area contributed by atoms with Crippen molar-refractivity contribution >= 4 is 55.8 Å². The molecule has 0 spiro atoms. The fourth-order valence-corrected chi connectivity index (χ4v) is 12.8. The molecule has 10 rings (SSSR count). The van der Waals surface area contributed by atoms with Crippen molar-refractivity contribution in [1.29, 1.82) is 0 Å². The molecule has 68 heavy (non-hydrogen) atoms. The van der Waals surface area contributed by atoms with Crippen LogP contribution in [0.15, 0.2) is 134 Å². The van der Waals surface area contributed by atoms with Gasteiger partial charge in [0, 0.05) is 36.7 Å². The van der Waals surface area contributed by atoms with Gasteiger partial charge in [0.25, 0.3) is 0 Å². The molecule has 3 aromatic heterocycles. The van der Waals surface area contributed by atoms with Gasteiger partial charge < -0.3 is 9.55 Å². The number of nitrogens with zero attached hydrogens (tertiary/aromatic N) is 3. The van der Waals surface area contributed by atoms with Crippen LogP contribution in [0.1, 0.15) is 121 Å². The van der Waals surface area contributed by atoms with Gasteiger partial charge in [0.15, 0.2) is 0 Å². The second-order valence-corrected chi connectivity index (χ2v) is 27.9. The molecule has 1 radical (unpaired) electrons. The van der Waals surface area contributed by atoms with E-state index < -0.39 is 8.07 Å². The van der Waals surface area contributed by atoms with Crippen molar-refractivity contribution < 1.29 is 20.1 Å². The van der Waals surface area contributed by atoms with Gasteiger partial charge in [0.05, 0.1) is 24.9 Å². The Bertz CT molecular complexity index is 3130. The molecule has 0 saturated heterocycles. The van der Waals surface area contributed by atoms with Gasteiger partial charge in [0.2, 0.25) is 0 Å². The summed E-state index contributed by atoms with van der Waals surface area (Å²) >= 11 is 1.88. The van der Waals surface area contributed by atoms with E-state index in [1.807, 2.05) is 29.5 Å². The molecule has 0 unspecified atom stereocenters. The first-order valence-corrected chi connectivity index (χ1v) is 29.0. The minimum Gasteiger partial charge on any atom is -0.333 e. The molecule has 3 heterocycles. The van der Waals surface area contributed by atoms with Gasteiger partial charge in [-0.15, -0.1) is 59.7 Å². The van der Waals surface area contributed by atoms with Gasteiger partial charge in [-0.3, -0.25) is 4.98 Å². The number of hydrogen-bond acceptors (Lipinski definition) is 3. The average molecular weight is 1110 g/mol. The van der Waals surface area contributed by atoms with Crippen LogP contribution in [0.25, 0.3) is 70.7 Å². The molecule has 6 aromatic carbocycles. The summed E-state index contributed by atoms with van der Waals surface area (Å²) in [7, 11) is -1.37. The van der Waals surface area contributed by atoms with E-state index in [0.29, 0.717) is 17.8 Å². The summed E-state index contributed by atoms with van der Waals surface area (Å²) in [6, 6.07) is 53.3. The number of imidazole rings is 1. The summed E-state index contributed by atoms with van der Waals surface area (Å²) in [6.07, 6.45) is 9.92. The van der Waals surface area contributed by atoms with Crippen molar-refractivity contribution in [3.05, 3.63) is 168 Å². The predicted molar refractivity (Wildman–Crippen MR) is 292 cm³/mol. The Morgan fingerprint density at radius 3 is 2.04 bits per heavy atom. The van der Waals surface area contributed by atoms with Crippen LogP contribution in [-0.2, 0) is 26.5 Å². The van der Waals surface area contributed by atoms with E-state index >= 15 is 0 Å². The van der Waals surface area contributed by atoms with E-state index in [4.69, 9.17) is 9.97 Å². The number of aromatic nitrogens is 3. The molecule has 3 nitrogen and oxygen atoms in total. The van der Waals surface area contributed by atoms with Crippen molar-refractivity contribution in [3.63, 3.8) is 0 Å². The molecule has 0 bridgehead atoms. The fraction of sp³-hybridized carbons (Fsp3) is 0.323. The molecule has 0 aliphatic heterocycles. The zero-order valence-electron chi connectivity index (χ0n) is 41.8. The Morgan fingerprint density at radius 2 is 1.38 bits per heavy atom. The minimum atomic E-state index is -1.37. The third-order valence-electron chi connectivity index (χ3n) is 13.6. The van der Waals surface area contributed by atoms with Crippen molar-refractivity contribution in [2.75, 3.05) is 0 Å². The summed E-state index contributed by atoms with van der Waals surface area (Å²) in [5.74, 6) is 2.31. The average Bonchev–Trinajstić information content (AvgIpc) is 3.89. The normalized spacial score (nSPS) is 13.6. The van der Waals surface area contributed by atoms with Crippen molar-refractivity contribution in [2.45, 2.75) is 124 Å². The van der Waals surface area contributed by atoms with Crippen LogP contribution in [0.4, 0.5) is 0 Å². The number of para-hydroxylation sites is 2. The van der Waals surface area contributed by atoms with Crippen molar-refractivity contribution in [2.24, 2.45) is 5.41 Å². The van der Waals surface area contributed by atoms with Gasteiger partial charge >= 0.3 is 0 Å². The quantitative estimate of drug-likeness (QED) is 0.107. The van der Waals surface area contributed by atoms with Gasteiger partial charge in [-0.2, -0.15) is 11.3 Å². The third kappa shape index (κ3) is 10.6. The van der Waals surface area contributed by atoms with E-state index in [2.05, 4.69) is 200 Å². The smallest absolute Gasteiger partial charge is 0.0798 e. The van der Waals surface area contributed by atoms with Crippen LogP contribution < -0.4 is 5.19 Å². The molecule has 0 N–H and O–H groups in total. The maximum atomic E-state index is 5.34. The van der Waals surface area contributed by atoms with Gasteiger partial charge in [-0.25, -0.2) is 0 Å². The topological polar surface area (TPSA) is 30.7 Å². The fourth-order valence-electron chi connectivity index (χ4n) is 10.2. The van der Waals surface area contributed by atoms with Crippen LogP contribution in [0, 0.1) is 17.5 Å². The third-order valence-corrected chi connectivity index (χ3v) is 16.8. The molecule has 1 aliphatic rings. The Hall–Kier alpha value is -4.97. The van der Waals surface area contributed by atoms with Crippen molar-refractivity contribution in [3.8, 4) is 39.5 Å². The first kappa shape index (κ1) is 49.4. The van der Waals surface area contributed by atoms with E-state index in [1.165, 1.54) is 96.5 Å². The SMILES string of the molecule is CC(C)(C)Cc1cc(-c2[c-]cccc2)ncc1[Si](C)(C)C.CC(C)c1cc(-c2ccccc2)cc(C(C)C)c1-n1c(-c2[c-]cc3sc4ccc(C5CCCCC5)cc4c3c2)nc2ccccc21.[Ir]. The van der Waals surface area contributed by atoms with Gasteiger partial charge in [0.1, 0.15) is 0 Å². The molecular weight excluding hydrogens is 1040 g/mol.